The standard InChI is InChI=1S/C30H33BrN4O8S/c31-19-22-20-34(29(37)8-3-21-1-4-23(5-2-21)43-16-12-33-10-14-42-15-11-33)28-18-27(35(38)39)26-17-24(6-7-25(26)30(22)28)44(40,41)32-9-13-36/h1-8,17-18,22,32,36H,9-16,19-20H2/b8-3+. The maximum absolute atomic E-state index is 13.4. The van der Waals surface area contributed by atoms with Crippen molar-refractivity contribution in [3.05, 3.63) is 75.8 Å². The molecule has 12 nitrogen and oxygen atoms in total. The van der Waals surface area contributed by atoms with Crippen LogP contribution in [-0.4, -0.2) is 93.7 Å². The van der Waals surface area contributed by atoms with Gasteiger partial charge in [-0.3, -0.25) is 19.8 Å². The summed E-state index contributed by atoms with van der Waals surface area (Å²) >= 11 is 3.51. The van der Waals surface area contributed by atoms with E-state index in [4.69, 9.17) is 14.6 Å². The molecule has 3 aromatic carbocycles. The molecule has 44 heavy (non-hydrogen) atoms. The highest BCUT2D eigenvalue weighted by Crippen LogP contribution is 2.46. The fourth-order valence-corrected chi connectivity index (χ4v) is 7.00. The number of rotatable bonds is 12. The SMILES string of the molecule is O=C(/C=C/c1ccc(OCCN2CCOCC2)cc1)N1CC(CBr)c2c1cc([N+](=O)[O-])c1cc(S(=O)(=O)NCCO)ccc21. The largest absolute Gasteiger partial charge is 0.492 e. The number of amides is 1. The van der Waals surface area contributed by atoms with Crippen LogP contribution in [0.4, 0.5) is 11.4 Å². The highest BCUT2D eigenvalue weighted by molar-refractivity contribution is 9.09. The number of nitro groups is 1. The number of nitrogens with zero attached hydrogens (tertiary/aromatic N) is 3. The zero-order chi connectivity index (χ0) is 31.3. The number of aliphatic hydroxyl groups is 1. The number of non-ortho nitro benzene ring substituents is 1. The Balaban J connectivity index is 1.35. The van der Waals surface area contributed by atoms with Crippen LogP contribution in [0.5, 0.6) is 5.75 Å². The van der Waals surface area contributed by atoms with Crippen LogP contribution in [-0.2, 0) is 19.6 Å². The van der Waals surface area contributed by atoms with E-state index in [1.165, 1.54) is 29.2 Å². The molecule has 5 rings (SSSR count). The number of hydrogen-bond donors (Lipinski definition) is 2. The van der Waals surface area contributed by atoms with E-state index in [0.29, 0.717) is 29.6 Å². The molecule has 2 heterocycles. The number of nitrogens with one attached hydrogen (secondary N) is 1. The molecule has 0 saturated carbocycles. The molecule has 2 aliphatic heterocycles. The Morgan fingerprint density at radius 1 is 1.16 bits per heavy atom. The highest BCUT2D eigenvalue weighted by Gasteiger charge is 2.35. The lowest BCUT2D eigenvalue weighted by Gasteiger charge is -2.26. The first-order chi connectivity index (χ1) is 21.2. The minimum Gasteiger partial charge on any atom is -0.492 e. The molecule has 2 aliphatic rings. The number of aliphatic hydroxyl groups excluding tert-OH is 1. The van der Waals surface area contributed by atoms with E-state index in [1.807, 2.05) is 24.3 Å². The molecular formula is C30H33BrN4O8S. The van der Waals surface area contributed by atoms with Crippen molar-refractivity contribution in [2.24, 2.45) is 0 Å². The Hall–Kier alpha value is -3.40. The minimum atomic E-state index is -3.99. The maximum atomic E-state index is 13.4. The summed E-state index contributed by atoms with van der Waals surface area (Å²) in [6.45, 7) is 4.40. The molecule has 1 unspecified atom stereocenters. The van der Waals surface area contributed by atoms with Gasteiger partial charge in [-0.2, -0.15) is 0 Å². The quantitative estimate of drug-likeness (QED) is 0.126. The molecule has 2 N–H and O–H groups in total. The van der Waals surface area contributed by atoms with Crippen LogP contribution in [0.15, 0.2) is 59.5 Å². The third kappa shape index (κ3) is 7.11. The van der Waals surface area contributed by atoms with Crippen LogP contribution in [0.25, 0.3) is 16.8 Å². The van der Waals surface area contributed by atoms with Gasteiger partial charge in [0, 0.05) is 56.1 Å². The van der Waals surface area contributed by atoms with Crippen molar-refractivity contribution in [1.29, 1.82) is 0 Å². The number of carbonyl (C=O) groups is 1. The number of nitro benzene ring substituents is 1. The van der Waals surface area contributed by atoms with Crippen LogP contribution in [0.2, 0.25) is 0 Å². The van der Waals surface area contributed by atoms with Crippen LogP contribution in [0.3, 0.4) is 0 Å². The Morgan fingerprint density at radius 2 is 1.91 bits per heavy atom. The lowest BCUT2D eigenvalue weighted by Crippen LogP contribution is -2.38. The van der Waals surface area contributed by atoms with Gasteiger partial charge in [-0.15, -0.1) is 0 Å². The summed E-state index contributed by atoms with van der Waals surface area (Å²) in [4.78, 5) is 28.6. The van der Waals surface area contributed by atoms with Crippen molar-refractivity contribution in [3.63, 3.8) is 0 Å². The number of fused-ring (bicyclic) bond motifs is 3. The lowest BCUT2D eigenvalue weighted by atomic mass is 9.95. The Morgan fingerprint density at radius 3 is 2.59 bits per heavy atom. The van der Waals surface area contributed by atoms with Gasteiger partial charge in [0.2, 0.25) is 10.0 Å². The zero-order valence-corrected chi connectivity index (χ0v) is 26.3. The summed E-state index contributed by atoms with van der Waals surface area (Å²) < 4.78 is 38.8. The van der Waals surface area contributed by atoms with E-state index in [2.05, 4.69) is 25.6 Å². The first-order valence-electron chi connectivity index (χ1n) is 14.2. The van der Waals surface area contributed by atoms with Crippen molar-refractivity contribution in [2.75, 3.05) is 69.4 Å². The summed E-state index contributed by atoms with van der Waals surface area (Å²) in [6.07, 6.45) is 3.13. The number of anilines is 1. The fraction of sp³-hybridized carbons (Fsp3) is 0.367. The van der Waals surface area contributed by atoms with Crippen molar-refractivity contribution >= 4 is 60.1 Å². The van der Waals surface area contributed by atoms with E-state index in [-0.39, 0.29) is 40.9 Å². The lowest BCUT2D eigenvalue weighted by molar-refractivity contribution is -0.383. The molecule has 0 radical (unpaired) electrons. The Labute approximate surface area is 263 Å². The smallest absolute Gasteiger partial charge is 0.279 e. The second kappa shape index (κ2) is 14.1. The van der Waals surface area contributed by atoms with E-state index >= 15 is 0 Å². The second-order valence-corrected chi connectivity index (χ2v) is 12.8. The minimum absolute atomic E-state index is 0.153. The normalized spacial score (nSPS) is 17.3. The number of ether oxygens (including phenoxy) is 2. The van der Waals surface area contributed by atoms with Crippen molar-refractivity contribution in [2.45, 2.75) is 10.8 Å². The molecule has 0 aliphatic carbocycles. The number of hydrogen-bond acceptors (Lipinski definition) is 9. The van der Waals surface area contributed by atoms with Gasteiger partial charge in [0.1, 0.15) is 12.4 Å². The number of carbonyl (C=O) groups excluding carboxylic acids is 1. The number of alkyl halides is 1. The maximum Gasteiger partial charge on any atom is 0.279 e. The summed E-state index contributed by atoms with van der Waals surface area (Å²) in [5.41, 5.74) is 1.64. The molecule has 1 amide bonds. The molecule has 0 aromatic heterocycles. The predicted molar refractivity (Wildman–Crippen MR) is 170 cm³/mol. The average Bonchev–Trinajstić information content (AvgIpc) is 3.42. The van der Waals surface area contributed by atoms with Crippen molar-refractivity contribution in [3.8, 4) is 5.75 Å². The molecule has 1 saturated heterocycles. The Bertz CT molecular complexity index is 1660. The molecule has 1 fully saturated rings. The van der Waals surface area contributed by atoms with E-state index in [1.54, 1.807) is 12.1 Å². The van der Waals surface area contributed by atoms with Gasteiger partial charge >= 0.3 is 0 Å². The molecular weight excluding hydrogens is 656 g/mol. The third-order valence-corrected chi connectivity index (χ3v) is 9.89. The molecule has 3 aromatic rings. The summed E-state index contributed by atoms with van der Waals surface area (Å²) in [5, 5.41) is 22.3. The van der Waals surface area contributed by atoms with Gasteiger partial charge in [-0.25, -0.2) is 13.1 Å². The van der Waals surface area contributed by atoms with Crippen LogP contribution < -0.4 is 14.4 Å². The summed E-state index contributed by atoms with van der Waals surface area (Å²) in [7, 11) is -3.99. The monoisotopic (exact) mass is 688 g/mol. The van der Waals surface area contributed by atoms with Gasteiger partial charge in [0.15, 0.2) is 0 Å². The van der Waals surface area contributed by atoms with Crippen molar-refractivity contribution < 1.29 is 32.7 Å². The van der Waals surface area contributed by atoms with Crippen LogP contribution >= 0.6 is 15.9 Å². The van der Waals surface area contributed by atoms with E-state index in [0.717, 1.165) is 49.7 Å². The number of sulfonamides is 1. The first kappa shape index (κ1) is 32.0. The van der Waals surface area contributed by atoms with E-state index in [9.17, 15) is 23.3 Å². The van der Waals surface area contributed by atoms with Gasteiger partial charge in [-0.1, -0.05) is 34.1 Å². The molecule has 234 valence electrons. The number of halogens is 1. The highest BCUT2D eigenvalue weighted by atomic mass is 79.9. The van der Waals surface area contributed by atoms with Gasteiger partial charge in [-0.05, 0) is 46.9 Å². The molecule has 1 atom stereocenters. The third-order valence-electron chi connectivity index (χ3n) is 7.65. The summed E-state index contributed by atoms with van der Waals surface area (Å²) in [5.74, 6) is 0.228. The van der Waals surface area contributed by atoms with Gasteiger partial charge < -0.3 is 19.5 Å². The number of benzene rings is 3. The van der Waals surface area contributed by atoms with Gasteiger partial charge in [0.05, 0.1) is 40.7 Å². The molecule has 0 spiro atoms. The average molecular weight is 690 g/mol. The first-order valence-corrected chi connectivity index (χ1v) is 16.8. The second-order valence-electron chi connectivity index (χ2n) is 10.4. The van der Waals surface area contributed by atoms with Gasteiger partial charge in [0.25, 0.3) is 11.6 Å². The molecule has 0 bridgehead atoms. The zero-order valence-electron chi connectivity index (χ0n) is 23.9. The predicted octanol–water partition coefficient (Wildman–Crippen LogP) is 3.27. The van der Waals surface area contributed by atoms with Crippen LogP contribution in [0, 0.1) is 10.1 Å². The topological polar surface area (TPSA) is 152 Å². The molecule has 14 heteroatoms. The fourth-order valence-electron chi connectivity index (χ4n) is 5.42. The number of morpholine rings is 1. The van der Waals surface area contributed by atoms with E-state index < -0.39 is 14.9 Å². The Kier molecular flexibility index (Phi) is 10.3. The van der Waals surface area contributed by atoms with Crippen LogP contribution in [0.1, 0.15) is 17.0 Å². The van der Waals surface area contributed by atoms with Crippen molar-refractivity contribution in [1.82, 2.24) is 9.62 Å². The summed E-state index contributed by atoms with van der Waals surface area (Å²) in [6, 6.07) is 12.9.